The van der Waals surface area contributed by atoms with E-state index < -0.39 is 34.5 Å². The fraction of sp³-hybridized carbons (Fsp3) is 0.182. The number of ketones is 1. The zero-order valence-electron chi connectivity index (χ0n) is 8.71. The summed E-state index contributed by atoms with van der Waals surface area (Å²) in [4.78, 5) is 21.9. The number of hydrogen-bond acceptors (Lipinski definition) is 3. The highest BCUT2D eigenvalue weighted by Gasteiger charge is 2.37. The molecule has 0 aliphatic carbocycles. The minimum atomic E-state index is -4.84. The number of aldehydes is 1. The number of alkyl halides is 4. The highest BCUT2D eigenvalue weighted by molar-refractivity contribution is 6.30. The Morgan fingerprint density at radius 3 is 2.44 bits per heavy atom. The zero-order chi connectivity index (χ0) is 13.9. The Hall–Kier alpha value is -1.87. The smallest absolute Gasteiger partial charge is 0.298 e. The number of carbonyl (C=O) groups excluding carboxylic acids is 2. The van der Waals surface area contributed by atoms with Crippen molar-refractivity contribution in [1.29, 1.82) is 5.26 Å². The van der Waals surface area contributed by atoms with Crippen molar-refractivity contribution in [2.75, 3.05) is 5.88 Å². The van der Waals surface area contributed by atoms with Gasteiger partial charge in [0.2, 0.25) is 0 Å². The van der Waals surface area contributed by atoms with Crippen molar-refractivity contribution in [3.8, 4) is 6.07 Å². The van der Waals surface area contributed by atoms with Crippen LogP contribution in [0.5, 0.6) is 0 Å². The first-order chi connectivity index (χ1) is 8.35. The summed E-state index contributed by atoms with van der Waals surface area (Å²) in [6, 6.07) is 2.88. The van der Waals surface area contributed by atoms with Crippen molar-refractivity contribution >= 4 is 23.7 Å². The van der Waals surface area contributed by atoms with Crippen molar-refractivity contribution < 1.29 is 22.8 Å². The Kier molecular flexibility index (Phi) is 4.09. The van der Waals surface area contributed by atoms with Crippen LogP contribution in [0.1, 0.15) is 31.8 Å². The molecule has 0 bridgehead atoms. The molecule has 1 aromatic rings. The van der Waals surface area contributed by atoms with E-state index in [2.05, 4.69) is 0 Å². The van der Waals surface area contributed by atoms with E-state index in [-0.39, 0.29) is 11.8 Å². The first-order valence-electron chi connectivity index (χ1n) is 4.54. The lowest BCUT2D eigenvalue weighted by Gasteiger charge is -2.12. The summed E-state index contributed by atoms with van der Waals surface area (Å²) in [5.41, 5.74) is -3.07. The fourth-order valence-corrected chi connectivity index (χ4v) is 1.55. The number of Topliss-reactive ketones (excluding diaryl/α,β-unsaturated/α-hetero) is 1. The van der Waals surface area contributed by atoms with Gasteiger partial charge in [0, 0.05) is 11.1 Å². The third kappa shape index (κ3) is 2.68. The van der Waals surface area contributed by atoms with Crippen molar-refractivity contribution in [3.63, 3.8) is 0 Å². The maximum Gasteiger partial charge on any atom is 0.418 e. The summed E-state index contributed by atoms with van der Waals surface area (Å²) in [6.45, 7) is 0. The van der Waals surface area contributed by atoms with E-state index >= 15 is 0 Å². The SMILES string of the molecule is N#Cc1cc(C(=O)CCl)cc(C=O)c1C(F)(F)F. The normalized spacial score (nSPS) is 10.8. The van der Waals surface area contributed by atoms with Gasteiger partial charge in [-0.15, -0.1) is 11.6 Å². The molecule has 0 heterocycles. The minimum Gasteiger partial charge on any atom is -0.298 e. The fourth-order valence-electron chi connectivity index (χ4n) is 1.40. The van der Waals surface area contributed by atoms with Gasteiger partial charge in [0.05, 0.1) is 23.1 Å². The Bertz CT molecular complexity index is 546. The van der Waals surface area contributed by atoms with Crippen LogP contribution in [0, 0.1) is 11.3 Å². The number of hydrogen-bond donors (Lipinski definition) is 0. The number of rotatable bonds is 3. The molecule has 0 N–H and O–H groups in total. The molecule has 0 aliphatic rings. The summed E-state index contributed by atoms with van der Waals surface area (Å²) in [5, 5.41) is 8.67. The molecule has 18 heavy (non-hydrogen) atoms. The van der Waals surface area contributed by atoms with Crippen LogP contribution >= 0.6 is 11.6 Å². The minimum absolute atomic E-state index is 0.0469. The molecule has 0 unspecified atom stereocenters. The number of nitriles is 1. The quantitative estimate of drug-likeness (QED) is 0.484. The summed E-state index contributed by atoms with van der Waals surface area (Å²) >= 11 is 5.26. The van der Waals surface area contributed by atoms with Crippen molar-refractivity contribution in [2.24, 2.45) is 0 Å². The maximum atomic E-state index is 12.7. The second-order valence-corrected chi connectivity index (χ2v) is 3.54. The molecule has 0 saturated carbocycles. The first-order valence-corrected chi connectivity index (χ1v) is 5.08. The van der Waals surface area contributed by atoms with Gasteiger partial charge in [0.1, 0.15) is 0 Å². The molecule has 0 fully saturated rings. The molecule has 94 valence electrons. The van der Waals surface area contributed by atoms with Gasteiger partial charge in [0.25, 0.3) is 0 Å². The van der Waals surface area contributed by atoms with Crippen LogP contribution in [0.3, 0.4) is 0 Å². The van der Waals surface area contributed by atoms with Crippen LogP contribution < -0.4 is 0 Å². The van der Waals surface area contributed by atoms with Crippen molar-refractivity contribution in [3.05, 3.63) is 34.4 Å². The van der Waals surface area contributed by atoms with E-state index in [4.69, 9.17) is 16.9 Å². The van der Waals surface area contributed by atoms with Gasteiger partial charge in [-0.05, 0) is 12.1 Å². The molecular formula is C11H5ClF3NO2. The molecular weight excluding hydrogens is 271 g/mol. The van der Waals surface area contributed by atoms with Gasteiger partial charge in [-0.3, -0.25) is 9.59 Å². The molecule has 0 atom stereocenters. The Balaban J connectivity index is 3.61. The van der Waals surface area contributed by atoms with Crippen LogP contribution in [-0.4, -0.2) is 17.9 Å². The average molecular weight is 276 g/mol. The standard InChI is InChI=1S/C11H5ClF3NO2/c12-3-9(18)6-1-7(4-16)10(11(13,14)15)8(2-6)5-17/h1-2,5H,3H2. The van der Waals surface area contributed by atoms with Gasteiger partial charge >= 0.3 is 6.18 Å². The lowest BCUT2D eigenvalue weighted by Crippen LogP contribution is -2.14. The van der Waals surface area contributed by atoms with Crippen molar-refractivity contribution in [2.45, 2.75) is 6.18 Å². The van der Waals surface area contributed by atoms with Crippen LogP contribution in [0.25, 0.3) is 0 Å². The molecule has 0 saturated heterocycles. The van der Waals surface area contributed by atoms with E-state index in [9.17, 15) is 22.8 Å². The van der Waals surface area contributed by atoms with E-state index in [0.717, 1.165) is 12.1 Å². The Labute approximate surface area is 105 Å². The monoisotopic (exact) mass is 275 g/mol. The van der Waals surface area contributed by atoms with Crippen LogP contribution in [0.4, 0.5) is 13.2 Å². The van der Waals surface area contributed by atoms with Gasteiger partial charge in [-0.2, -0.15) is 18.4 Å². The van der Waals surface area contributed by atoms with Gasteiger partial charge in [0.15, 0.2) is 12.1 Å². The summed E-state index contributed by atoms with van der Waals surface area (Å²) < 4.78 is 38.0. The lowest BCUT2D eigenvalue weighted by atomic mass is 9.97. The second kappa shape index (κ2) is 5.19. The largest absolute Gasteiger partial charge is 0.418 e. The molecule has 0 aliphatic heterocycles. The van der Waals surface area contributed by atoms with E-state index in [1.807, 2.05) is 0 Å². The predicted molar refractivity (Wildman–Crippen MR) is 56.6 cm³/mol. The molecule has 1 aromatic carbocycles. The highest BCUT2D eigenvalue weighted by atomic mass is 35.5. The number of halogens is 4. The van der Waals surface area contributed by atoms with E-state index in [0.29, 0.717) is 0 Å². The van der Waals surface area contributed by atoms with Crippen LogP contribution in [0.15, 0.2) is 12.1 Å². The predicted octanol–water partition coefficient (Wildman–Crippen LogP) is 2.81. The van der Waals surface area contributed by atoms with Gasteiger partial charge in [-0.25, -0.2) is 0 Å². The van der Waals surface area contributed by atoms with E-state index in [1.165, 1.54) is 6.07 Å². The molecule has 0 amide bonds. The second-order valence-electron chi connectivity index (χ2n) is 3.27. The molecule has 7 heteroatoms. The molecule has 0 radical (unpaired) electrons. The zero-order valence-corrected chi connectivity index (χ0v) is 9.47. The summed E-state index contributed by atoms with van der Waals surface area (Å²) in [5.74, 6) is -1.11. The Morgan fingerprint density at radius 2 is 2.06 bits per heavy atom. The summed E-state index contributed by atoms with van der Waals surface area (Å²) in [6.07, 6.45) is -4.89. The topological polar surface area (TPSA) is 57.9 Å². The number of nitrogens with zero attached hydrogens (tertiary/aromatic N) is 1. The molecule has 3 nitrogen and oxygen atoms in total. The van der Waals surface area contributed by atoms with E-state index in [1.54, 1.807) is 0 Å². The highest BCUT2D eigenvalue weighted by Crippen LogP contribution is 2.34. The average Bonchev–Trinajstić information content (AvgIpc) is 2.34. The molecule has 0 spiro atoms. The lowest BCUT2D eigenvalue weighted by molar-refractivity contribution is -0.138. The summed E-state index contributed by atoms with van der Waals surface area (Å²) in [7, 11) is 0. The molecule has 1 rings (SSSR count). The number of benzene rings is 1. The molecule has 0 aromatic heterocycles. The third-order valence-corrected chi connectivity index (χ3v) is 2.39. The number of carbonyl (C=O) groups is 2. The third-order valence-electron chi connectivity index (χ3n) is 2.14. The maximum absolute atomic E-state index is 12.7. The van der Waals surface area contributed by atoms with Gasteiger partial charge in [-0.1, -0.05) is 0 Å². The van der Waals surface area contributed by atoms with Crippen molar-refractivity contribution in [1.82, 2.24) is 0 Å². The first kappa shape index (κ1) is 14.2. The van der Waals surface area contributed by atoms with Gasteiger partial charge < -0.3 is 0 Å². The van der Waals surface area contributed by atoms with Crippen LogP contribution in [-0.2, 0) is 6.18 Å². The van der Waals surface area contributed by atoms with Crippen LogP contribution in [0.2, 0.25) is 0 Å². The Morgan fingerprint density at radius 1 is 1.44 bits per heavy atom.